The first-order valence-electron chi connectivity index (χ1n) is 22.5. The zero-order chi connectivity index (χ0) is 51.8. The number of rotatable bonds is 9. The van der Waals surface area contributed by atoms with Crippen LogP contribution in [-0.4, -0.2) is 104 Å². The van der Waals surface area contributed by atoms with Crippen LogP contribution >= 0.6 is 0 Å². The summed E-state index contributed by atoms with van der Waals surface area (Å²) in [5.41, 5.74) is 3.32. The van der Waals surface area contributed by atoms with Crippen LogP contribution in [0.5, 0.6) is 0 Å². The molecule has 3 aliphatic rings. The van der Waals surface area contributed by atoms with Crippen molar-refractivity contribution in [2.24, 2.45) is 0 Å². The van der Waals surface area contributed by atoms with E-state index in [0.29, 0.717) is 38.4 Å². The van der Waals surface area contributed by atoms with Crippen LogP contribution in [0.3, 0.4) is 0 Å². The SMILES string of the molecule is CNC(=O)c1ccc(C)c(-c2nc(NC3CCN(C)CC3)nc3c2CNC(=O)N3c2c(F)cccc2F)c1.CNC(=O)c1ccc(C)c(-c2nc(S(C)(=O)=O)nc3c2CNC(=O)N3c2c(F)cccc2F)c1. The third-order valence-corrected chi connectivity index (χ3v) is 13.1. The zero-order valence-electron chi connectivity index (χ0n) is 39.7. The summed E-state index contributed by atoms with van der Waals surface area (Å²) in [6.45, 7) is 5.33. The number of anilines is 5. The minimum atomic E-state index is -4.00. The Hall–Kier alpha value is -8.05. The Bertz CT molecular complexity index is 3260. The molecule has 6 amide bonds. The Morgan fingerprint density at radius 1 is 0.653 bits per heavy atom. The molecule has 72 heavy (non-hydrogen) atoms. The Morgan fingerprint density at radius 2 is 1.08 bits per heavy atom. The molecule has 23 heteroatoms. The van der Waals surface area contributed by atoms with Gasteiger partial charge in [0.2, 0.25) is 20.9 Å². The van der Waals surface area contributed by atoms with Crippen LogP contribution in [0.25, 0.3) is 22.5 Å². The van der Waals surface area contributed by atoms with Crippen molar-refractivity contribution in [3.8, 4) is 22.5 Å². The van der Waals surface area contributed by atoms with E-state index < -0.39 is 61.7 Å². The molecule has 0 atom stereocenters. The van der Waals surface area contributed by atoms with Gasteiger partial charge in [-0.2, -0.15) is 9.97 Å². The van der Waals surface area contributed by atoms with E-state index in [4.69, 9.17) is 4.98 Å². The highest BCUT2D eigenvalue weighted by Crippen LogP contribution is 2.41. The van der Waals surface area contributed by atoms with Crippen LogP contribution in [0.15, 0.2) is 78.0 Å². The Labute approximate surface area is 411 Å². The summed E-state index contributed by atoms with van der Waals surface area (Å²) in [5, 5.41) is 13.1. The van der Waals surface area contributed by atoms with Crippen LogP contribution in [0.2, 0.25) is 0 Å². The van der Waals surface area contributed by atoms with E-state index in [2.05, 4.69) is 53.5 Å². The number of aromatic nitrogens is 4. The summed E-state index contributed by atoms with van der Waals surface area (Å²) in [6, 6.07) is 15.0. The Morgan fingerprint density at radius 3 is 1.51 bits per heavy atom. The number of hydrogen-bond acceptors (Lipinski definition) is 12. The fourth-order valence-electron chi connectivity index (χ4n) is 8.46. The van der Waals surface area contributed by atoms with Crippen LogP contribution in [0, 0.1) is 37.1 Å². The van der Waals surface area contributed by atoms with E-state index in [1.54, 1.807) is 38.2 Å². The number of carbonyl (C=O) groups excluding carboxylic acids is 4. The van der Waals surface area contributed by atoms with Gasteiger partial charge in [-0.3, -0.25) is 9.59 Å². The Kier molecular flexibility index (Phi) is 14.2. The van der Waals surface area contributed by atoms with Gasteiger partial charge in [-0.1, -0.05) is 24.3 Å². The number of para-hydroxylation sites is 2. The highest BCUT2D eigenvalue weighted by Gasteiger charge is 2.37. The summed E-state index contributed by atoms with van der Waals surface area (Å²) < 4.78 is 83.9. The number of amides is 6. The third-order valence-electron chi connectivity index (χ3n) is 12.3. The number of carbonyl (C=O) groups is 4. The molecule has 0 radical (unpaired) electrons. The van der Waals surface area contributed by atoms with E-state index >= 15 is 0 Å². The van der Waals surface area contributed by atoms with Crippen molar-refractivity contribution in [2.45, 2.75) is 51.0 Å². The molecular weight excluding hydrogens is 961 g/mol. The average Bonchev–Trinajstić information content (AvgIpc) is 3.35. The van der Waals surface area contributed by atoms with E-state index in [1.807, 2.05) is 13.0 Å². The molecule has 0 saturated carbocycles. The van der Waals surface area contributed by atoms with Gasteiger partial charge in [0.15, 0.2) is 11.6 Å². The quantitative estimate of drug-likeness (QED) is 0.0744. The minimum absolute atomic E-state index is 0.0498. The number of urea groups is 2. The first kappa shape index (κ1) is 50.3. The van der Waals surface area contributed by atoms with Crippen molar-refractivity contribution in [3.63, 3.8) is 0 Å². The van der Waals surface area contributed by atoms with Gasteiger partial charge in [-0.25, -0.2) is 55.3 Å². The lowest BCUT2D eigenvalue weighted by molar-refractivity contribution is 0.0955. The summed E-state index contributed by atoms with van der Waals surface area (Å²) in [4.78, 5) is 71.9. The number of fused-ring (bicyclic) bond motifs is 2. The van der Waals surface area contributed by atoms with E-state index in [9.17, 15) is 45.2 Å². The smallest absolute Gasteiger partial charge is 0.328 e. The molecule has 0 aliphatic carbocycles. The van der Waals surface area contributed by atoms with Crippen LogP contribution < -0.4 is 36.4 Å². The maximum atomic E-state index is 14.9. The number of aryl methyl sites for hydroxylation is 2. The molecular formula is C49H48F4N12O6S. The molecule has 5 heterocycles. The van der Waals surface area contributed by atoms with Crippen molar-refractivity contribution in [3.05, 3.63) is 129 Å². The molecule has 1 saturated heterocycles. The van der Waals surface area contributed by atoms with Gasteiger partial charge >= 0.3 is 12.1 Å². The second kappa shape index (κ2) is 20.4. The minimum Gasteiger partial charge on any atom is -0.355 e. The van der Waals surface area contributed by atoms with Gasteiger partial charge in [0.05, 0.1) is 24.5 Å². The number of likely N-dealkylation sites (tertiary alicyclic amines) is 1. The highest BCUT2D eigenvalue weighted by molar-refractivity contribution is 7.90. The first-order chi connectivity index (χ1) is 34.3. The third kappa shape index (κ3) is 9.97. The number of halogens is 4. The van der Waals surface area contributed by atoms with Gasteiger partial charge in [-0.15, -0.1) is 0 Å². The molecule has 6 aromatic rings. The topological polar surface area (TPSA) is 224 Å². The summed E-state index contributed by atoms with van der Waals surface area (Å²) in [7, 11) is 1.07. The van der Waals surface area contributed by atoms with Crippen molar-refractivity contribution in [1.29, 1.82) is 0 Å². The van der Waals surface area contributed by atoms with Crippen LogP contribution in [0.4, 0.5) is 56.1 Å². The van der Waals surface area contributed by atoms with E-state index in [-0.39, 0.29) is 65.4 Å². The molecule has 0 spiro atoms. The number of nitrogens with one attached hydrogen (secondary N) is 5. The predicted octanol–water partition coefficient (Wildman–Crippen LogP) is 6.81. The number of piperidine rings is 1. The largest absolute Gasteiger partial charge is 0.355 e. The average molecular weight is 1010 g/mol. The zero-order valence-corrected chi connectivity index (χ0v) is 40.6. The normalized spacial score (nSPS) is 14.8. The lowest BCUT2D eigenvalue weighted by Crippen LogP contribution is -2.43. The lowest BCUT2D eigenvalue weighted by atomic mass is 9.97. The monoisotopic (exact) mass is 1010 g/mol. The van der Waals surface area contributed by atoms with Crippen molar-refractivity contribution in [2.75, 3.05) is 55.6 Å². The number of sulfone groups is 1. The molecule has 4 aromatic carbocycles. The molecule has 0 bridgehead atoms. The molecule has 3 aliphatic heterocycles. The molecule has 18 nitrogen and oxygen atoms in total. The maximum Gasteiger partial charge on any atom is 0.328 e. The first-order valence-corrected chi connectivity index (χ1v) is 24.4. The molecule has 2 aromatic heterocycles. The number of nitrogens with zero attached hydrogens (tertiary/aromatic N) is 7. The predicted molar refractivity (Wildman–Crippen MR) is 260 cm³/mol. The maximum absolute atomic E-state index is 14.9. The summed E-state index contributed by atoms with van der Waals surface area (Å²) in [6.07, 6.45) is 2.61. The summed E-state index contributed by atoms with van der Waals surface area (Å²) >= 11 is 0. The molecule has 374 valence electrons. The van der Waals surface area contributed by atoms with Crippen molar-refractivity contribution >= 4 is 62.7 Å². The lowest BCUT2D eigenvalue weighted by Gasteiger charge is -2.32. The fraction of sp³-hybridized carbons (Fsp3) is 0.265. The van der Waals surface area contributed by atoms with E-state index in [1.165, 1.54) is 19.2 Å². The molecule has 5 N–H and O–H groups in total. The van der Waals surface area contributed by atoms with Crippen LogP contribution in [0.1, 0.15) is 55.8 Å². The molecule has 1 fully saturated rings. The standard InChI is InChI=1S/C27H29F2N7O2.C22H19F2N5O4S/c1-15-7-8-16(25(37)30-2)13-18(15)22-19-14-31-27(38)36(23-20(28)5-4-6-21(23)29)24(19)34-26(33-22)32-17-9-11-35(3)12-10-17;1-11-7-8-12(20(30)25-2)9-13(11)17-14-10-26-22(31)29(18-15(23)5-4-6-16(18)24)19(14)28-21(27-17)34(3,32)33/h4-8,13,17H,9-12,14H2,1-3H3,(H,30,37)(H,31,38)(H,32,33,34);4-9H,10H2,1-3H3,(H,25,30)(H,26,31). The second-order valence-electron chi connectivity index (χ2n) is 17.2. The number of hydrogen-bond donors (Lipinski definition) is 5. The highest BCUT2D eigenvalue weighted by atomic mass is 32.2. The van der Waals surface area contributed by atoms with Gasteiger partial charge in [-0.05, 0) is 106 Å². The van der Waals surface area contributed by atoms with Gasteiger partial charge in [0, 0.05) is 59.8 Å². The molecule has 9 rings (SSSR count). The van der Waals surface area contributed by atoms with Gasteiger partial charge in [0.25, 0.3) is 11.8 Å². The van der Waals surface area contributed by atoms with Crippen molar-refractivity contribution in [1.82, 2.24) is 46.1 Å². The van der Waals surface area contributed by atoms with Crippen LogP contribution in [-0.2, 0) is 22.9 Å². The second-order valence-corrected chi connectivity index (χ2v) is 19.1. The Balaban J connectivity index is 0.000000194. The van der Waals surface area contributed by atoms with Crippen molar-refractivity contribution < 1.29 is 45.2 Å². The van der Waals surface area contributed by atoms with Gasteiger partial charge < -0.3 is 31.5 Å². The van der Waals surface area contributed by atoms with E-state index in [0.717, 1.165) is 73.0 Å². The fourth-order valence-corrected chi connectivity index (χ4v) is 8.96. The number of benzene rings is 4. The van der Waals surface area contributed by atoms with Gasteiger partial charge in [0.1, 0.15) is 34.6 Å². The summed E-state index contributed by atoms with van der Waals surface area (Å²) in [5.74, 6) is -4.45. The molecule has 0 unspecified atom stereocenters.